The van der Waals surface area contributed by atoms with E-state index in [2.05, 4.69) is 47.7 Å². The largest absolute Gasteiger partial charge is 0.494 e. The van der Waals surface area contributed by atoms with Crippen LogP contribution in [-0.4, -0.2) is 51.2 Å². The monoisotopic (exact) mass is 705 g/mol. The van der Waals surface area contributed by atoms with Gasteiger partial charge in [-0.3, -0.25) is 9.78 Å². The summed E-state index contributed by atoms with van der Waals surface area (Å²) >= 11 is 6.13. The number of carbonyl (C=O) groups excluding carboxylic acids is 1. The molecule has 0 bridgehead atoms. The highest BCUT2D eigenvalue weighted by atomic mass is 35.5. The number of ether oxygens (including phenoxy) is 4. The Morgan fingerprint density at radius 3 is 2.55 bits per heavy atom. The lowest BCUT2D eigenvalue weighted by Crippen LogP contribution is -2.33. The van der Waals surface area contributed by atoms with Crippen molar-refractivity contribution >= 4 is 44.7 Å². The van der Waals surface area contributed by atoms with Gasteiger partial charge in [0.1, 0.15) is 17.3 Å². The maximum atomic E-state index is 13.9. The lowest BCUT2D eigenvalue weighted by atomic mass is 9.69. The molecule has 7 rings (SSSR count). The molecule has 264 valence electrons. The number of ketones is 1. The van der Waals surface area contributed by atoms with Crippen LogP contribution in [0.3, 0.4) is 0 Å². The number of anilines is 1. The molecule has 0 fully saturated rings. The minimum absolute atomic E-state index is 0.121. The van der Waals surface area contributed by atoms with E-state index in [-0.39, 0.29) is 17.1 Å². The number of hydrogen-bond acceptors (Lipinski definition) is 8. The molecule has 2 N–H and O–H groups in total. The number of methoxy groups -OCH3 is 2. The van der Waals surface area contributed by atoms with E-state index in [4.69, 9.17) is 30.5 Å². The van der Waals surface area contributed by atoms with Gasteiger partial charge in [0.2, 0.25) is 0 Å². The molecule has 1 aromatic heterocycles. The van der Waals surface area contributed by atoms with Crippen LogP contribution in [0.4, 0.5) is 5.69 Å². The number of allylic oxidation sites excluding steroid dienone is 2. The number of fused-ring (bicyclic) bond motifs is 4. The summed E-state index contributed by atoms with van der Waals surface area (Å²) in [5.41, 5.74) is 4.43. The van der Waals surface area contributed by atoms with Crippen molar-refractivity contribution in [1.82, 2.24) is 10.3 Å². The lowest BCUT2D eigenvalue weighted by molar-refractivity contribution is -0.118. The van der Waals surface area contributed by atoms with Gasteiger partial charge in [-0.2, -0.15) is 0 Å². The molecule has 0 saturated heterocycles. The van der Waals surface area contributed by atoms with E-state index < -0.39 is 0 Å². The third-order valence-electron chi connectivity index (χ3n) is 9.74. The second-order valence-electron chi connectivity index (χ2n) is 14.0. The van der Waals surface area contributed by atoms with Crippen molar-refractivity contribution in [1.29, 1.82) is 0 Å². The predicted octanol–water partition coefficient (Wildman–Crippen LogP) is 9.09. The number of carbonyl (C=O) groups is 1. The summed E-state index contributed by atoms with van der Waals surface area (Å²) in [7, 11) is 3.26. The minimum atomic E-state index is -0.319. The Morgan fingerprint density at radius 2 is 1.71 bits per heavy atom. The Hall–Kier alpha value is -4.79. The van der Waals surface area contributed by atoms with Crippen LogP contribution < -0.4 is 29.6 Å². The molecule has 0 spiro atoms. The summed E-state index contributed by atoms with van der Waals surface area (Å²) in [6, 6.07) is 24.0. The summed E-state index contributed by atoms with van der Waals surface area (Å²) in [6.07, 6.45) is 4.82. The first-order valence-corrected chi connectivity index (χ1v) is 18.0. The second kappa shape index (κ2) is 14.8. The van der Waals surface area contributed by atoms with Crippen LogP contribution in [0.15, 0.2) is 90.3 Å². The maximum absolute atomic E-state index is 13.9. The van der Waals surface area contributed by atoms with E-state index in [9.17, 15) is 4.79 Å². The molecule has 1 atom stereocenters. The summed E-state index contributed by atoms with van der Waals surface area (Å²) < 4.78 is 24.1. The number of nitrogens with zero attached hydrogens (tertiary/aromatic N) is 1. The van der Waals surface area contributed by atoms with E-state index in [0.717, 1.165) is 93.8 Å². The number of halogens is 1. The van der Waals surface area contributed by atoms with Gasteiger partial charge >= 0.3 is 0 Å². The quantitative estimate of drug-likeness (QED) is 0.117. The maximum Gasteiger partial charge on any atom is 0.163 e. The normalized spacial score (nSPS) is 16.4. The Balaban J connectivity index is 1.02. The lowest BCUT2D eigenvalue weighted by Gasteiger charge is -2.39. The second-order valence-corrected chi connectivity index (χ2v) is 14.5. The number of hydrogen-bond donors (Lipinski definition) is 2. The highest BCUT2D eigenvalue weighted by Gasteiger charge is 2.43. The summed E-state index contributed by atoms with van der Waals surface area (Å²) in [5.74, 6) is 3.38. The number of nitrogens with one attached hydrogen (secondary N) is 2. The molecule has 1 aliphatic carbocycles. The molecule has 1 aliphatic heterocycles. The van der Waals surface area contributed by atoms with Crippen LogP contribution in [0.2, 0.25) is 5.02 Å². The topological polar surface area (TPSA) is 90.9 Å². The van der Waals surface area contributed by atoms with Gasteiger partial charge in [0.15, 0.2) is 17.3 Å². The molecule has 9 heteroatoms. The molecule has 51 heavy (non-hydrogen) atoms. The van der Waals surface area contributed by atoms with Crippen molar-refractivity contribution in [3.63, 3.8) is 0 Å². The summed E-state index contributed by atoms with van der Waals surface area (Å²) in [5, 5.41) is 10.9. The van der Waals surface area contributed by atoms with Crippen LogP contribution in [-0.2, 0) is 4.79 Å². The van der Waals surface area contributed by atoms with E-state index in [1.54, 1.807) is 20.4 Å². The highest BCUT2D eigenvalue weighted by Crippen LogP contribution is 2.53. The molecule has 0 radical (unpaired) electrons. The summed E-state index contributed by atoms with van der Waals surface area (Å²) in [6.45, 7) is 7.43. The van der Waals surface area contributed by atoms with Gasteiger partial charge in [0.05, 0.1) is 26.3 Å². The third-order valence-corrected chi connectivity index (χ3v) is 9.98. The smallest absolute Gasteiger partial charge is 0.163 e. The average molecular weight is 706 g/mol. The van der Waals surface area contributed by atoms with Crippen LogP contribution in [0.1, 0.15) is 56.6 Å². The fraction of sp³-hybridized carbons (Fsp3) is 0.333. The summed E-state index contributed by atoms with van der Waals surface area (Å²) in [4.78, 5) is 18.3. The van der Waals surface area contributed by atoms with Crippen molar-refractivity contribution in [3.8, 4) is 23.0 Å². The molecule has 0 amide bonds. The van der Waals surface area contributed by atoms with E-state index in [0.29, 0.717) is 36.0 Å². The van der Waals surface area contributed by atoms with Crippen LogP contribution in [0.25, 0.3) is 21.7 Å². The molecular weight excluding hydrogens is 662 g/mol. The zero-order valence-corrected chi connectivity index (χ0v) is 30.4. The zero-order chi connectivity index (χ0) is 35.5. The van der Waals surface area contributed by atoms with Crippen molar-refractivity contribution in [2.24, 2.45) is 5.41 Å². The SMILES string of the molecule is COc1ccc(C2C3=C(CC(C)(C)CC3=O)Oc3ccc4ccc(OCCCNCCCNc5ccnc6cc(Cl)ccc56)cc4c32)cc1OC. The highest BCUT2D eigenvalue weighted by molar-refractivity contribution is 6.31. The Kier molecular flexibility index (Phi) is 10.1. The number of pyridine rings is 1. The van der Waals surface area contributed by atoms with Gasteiger partial charge in [-0.05, 0) is 102 Å². The Bertz CT molecular complexity index is 2130. The Morgan fingerprint density at radius 1 is 0.882 bits per heavy atom. The first-order valence-electron chi connectivity index (χ1n) is 17.6. The fourth-order valence-electron chi connectivity index (χ4n) is 7.34. The van der Waals surface area contributed by atoms with Crippen LogP contribution in [0, 0.1) is 5.41 Å². The number of benzene rings is 4. The fourth-order valence-corrected chi connectivity index (χ4v) is 7.50. The Labute approximate surface area is 304 Å². The van der Waals surface area contributed by atoms with Crippen molar-refractivity contribution in [2.75, 3.05) is 45.8 Å². The molecule has 5 aromatic rings. The number of aromatic nitrogens is 1. The van der Waals surface area contributed by atoms with Gasteiger partial charge in [-0.1, -0.05) is 43.6 Å². The molecule has 2 aliphatic rings. The van der Waals surface area contributed by atoms with Gasteiger partial charge in [0, 0.05) is 58.7 Å². The van der Waals surface area contributed by atoms with E-state index in [1.807, 2.05) is 54.6 Å². The van der Waals surface area contributed by atoms with Gasteiger partial charge in [-0.25, -0.2) is 0 Å². The third kappa shape index (κ3) is 7.34. The van der Waals surface area contributed by atoms with Crippen LogP contribution >= 0.6 is 11.6 Å². The van der Waals surface area contributed by atoms with Crippen molar-refractivity contribution in [2.45, 2.75) is 45.4 Å². The van der Waals surface area contributed by atoms with E-state index >= 15 is 0 Å². The minimum Gasteiger partial charge on any atom is -0.494 e. The standard InChI is InChI=1S/C42H44ClN3O5/c1-42(2)24-34(47)41-38(25-42)51-36-14-8-26-7-11-29(23-31(26)40(36)39(41)27-9-13-35(48-3)37(21-27)49-4)50-20-6-17-44-16-5-18-45-32-15-19-46-33-22-28(43)10-12-30(32)33/h7-15,19,21-23,39,44H,5-6,16-18,20,24-25H2,1-4H3,(H,45,46). The van der Waals surface area contributed by atoms with Gasteiger partial charge in [-0.15, -0.1) is 0 Å². The van der Waals surface area contributed by atoms with E-state index in [1.165, 1.54) is 0 Å². The van der Waals surface area contributed by atoms with Gasteiger partial charge in [0.25, 0.3) is 0 Å². The average Bonchev–Trinajstić information content (AvgIpc) is 3.12. The van der Waals surface area contributed by atoms with Crippen molar-refractivity contribution in [3.05, 3.63) is 106 Å². The van der Waals surface area contributed by atoms with Gasteiger partial charge < -0.3 is 29.6 Å². The first-order chi connectivity index (χ1) is 24.7. The molecule has 8 nitrogen and oxygen atoms in total. The molecule has 2 heterocycles. The molecular formula is C42H44ClN3O5. The van der Waals surface area contributed by atoms with Crippen LogP contribution in [0.5, 0.6) is 23.0 Å². The molecule has 1 unspecified atom stereocenters. The van der Waals surface area contributed by atoms with Crippen molar-refractivity contribution < 1.29 is 23.7 Å². The number of rotatable bonds is 13. The number of Topliss-reactive ketones (excluding diaryl/α,β-unsaturated/α-hetero) is 1. The molecule has 4 aromatic carbocycles. The zero-order valence-electron chi connectivity index (χ0n) is 29.6. The first kappa shape index (κ1) is 34.6. The molecule has 0 saturated carbocycles. The predicted molar refractivity (Wildman–Crippen MR) is 204 cm³/mol.